The van der Waals surface area contributed by atoms with Crippen molar-refractivity contribution in [2.24, 2.45) is 5.73 Å². The lowest BCUT2D eigenvalue weighted by Crippen LogP contribution is -2.19. The maximum atomic E-state index is 5.47. The molecule has 18 heavy (non-hydrogen) atoms. The minimum atomic E-state index is -0.269. The minimum absolute atomic E-state index is 0.269. The Bertz CT molecular complexity index is 491. The summed E-state index contributed by atoms with van der Waals surface area (Å²) in [7, 11) is 0. The van der Waals surface area contributed by atoms with Gasteiger partial charge in [-0.25, -0.2) is 0 Å². The third-order valence-electron chi connectivity index (χ3n) is 3.10. The van der Waals surface area contributed by atoms with Gasteiger partial charge in [0.05, 0.1) is 5.41 Å². The lowest BCUT2D eigenvalue weighted by atomic mass is 9.84. The fraction of sp³-hybridized carbons (Fsp3) is 0.429. The van der Waals surface area contributed by atoms with Gasteiger partial charge in [0.2, 0.25) is 5.89 Å². The monoisotopic (exact) mass is 245 g/mol. The summed E-state index contributed by atoms with van der Waals surface area (Å²) in [5.41, 5.74) is 6.37. The van der Waals surface area contributed by atoms with Crippen LogP contribution in [0.3, 0.4) is 0 Å². The molecular weight excluding hydrogens is 226 g/mol. The summed E-state index contributed by atoms with van der Waals surface area (Å²) < 4.78 is 5.38. The van der Waals surface area contributed by atoms with Crippen LogP contribution in [0.25, 0.3) is 0 Å². The molecule has 0 fully saturated rings. The molecule has 1 heterocycles. The molecule has 0 bridgehead atoms. The summed E-state index contributed by atoms with van der Waals surface area (Å²) in [6.45, 7) is 4.82. The summed E-state index contributed by atoms with van der Waals surface area (Å²) in [6, 6.07) is 10.2. The molecule has 1 aromatic carbocycles. The molecule has 2 N–H and O–H groups in total. The highest BCUT2D eigenvalue weighted by Gasteiger charge is 2.29. The van der Waals surface area contributed by atoms with Gasteiger partial charge in [0.1, 0.15) is 0 Å². The number of benzene rings is 1. The van der Waals surface area contributed by atoms with Gasteiger partial charge in [-0.2, -0.15) is 4.98 Å². The number of aromatic nitrogens is 2. The molecule has 0 saturated carbocycles. The zero-order valence-corrected chi connectivity index (χ0v) is 10.9. The highest BCUT2D eigenvalue weighted by Crippen LogP contribution is 2.29. The standard InChI is InChI=1S/C14H19N3O/c1-14(2,11-7-4-3-5-8-11)13-16-12(17-18-13)9-6-10-15/h3-5,7-8H,6,9-10,15H2,1-2H3. The molecule has 0 saturated heterocycles. The molecule has 0 spiro atoms. The summed E-state index contributed by atoms with van der Waals surface area (Å²) in [5.74, 6) is 1.39. The first-order valence-corrected chi connectivity index (χ1v) is 6.23. The van der Waals surface area contributed by atoms with Crippen LogP contribution in [0.1, 0.15) is 37.5 Å². The van der Waals surface area contributed by atoms with E-state index < -0.39 is 0 Å². The Kier molecular flexibility index (Phi) is 3.77. The van der Waals surface area contributed by atoms with Crippen molar-refractivity contribution in [1.29, 1.82) is 0 Å². The van der Waals surface area contributed by atoms with E-state index in [2.05, 4.69) is 36.1 Å². The van der Waals surface area contributed by atoms with Crippen LogP contribution in [0.2, 0.25) is 0 Å². The number of hydrogen-bond acceptors (Lipinski definition) is 4. The van der Waals surface area contributed by atoms with Gasteiger partial charge in [-0.05, 0) is 32.4 Å². The van der Waals surface area contributed by atoms with E-state index in [9.17, 15) is 0 Å². The Morgan fingerprint density at radius 1 is 1.22 bits per heavy atom. The lowest BCUT2D eigenvalue weighted by molar-refractivity contribution is 0.329. The second kappa shape index (κ2) is 5.31. The summed E-state index contributed by atoms with van der Waals surface area (Å²) in [4.78, 5) is 4.46. The van der Waals surface area contributed by atoms with Crippen molar-refractivity contribution in [2.45, 2.75) is 32.1 Å². The summed E-state index contributed by atoms with van der Waals surface area (Å²) in [5, 5.41) is 4.00. The maximum absolute atomic E-state index is 5.47. The van der Waals surface area contributed by atoms with Gasteiger partial charge >= 0.3 is 0 Å². The minimum Gasteiger partial charge on any atom is -0.338 e. The molecule has 4 nitrogen and oxygen atoms in total. The van der Waals surface area contributed by atoms with Crippen molar-refractivity contribution in [3.05, 3.63) is 47.6 Å². The quantitative estimate of drug-likeness (QED) is 0.877. The molecule has 0 aliphatic rings. The van der Waals surface area contributed by atoms with Gasteiger partial charge < -0.3 is 10.3 Å². The fourth-order valence-electron chi connectivity index (χ4n) is 1.85. The van der Waals surface area contributed by atoms with Gasteiger partial charge in [0.25, 0.3) is 0 Å². The smallest absolute Gasteiger partial charge is 0.236 e. The highest BCUT2D eigenvalue weighted by molar-refractivity contribution is 5.29. The Morgan fingerprint density at radius 2 is 1.94 bits per heavy atom. The van der Waals surface area contributed by atoms with E-state index >= 15 is 0 Å². The van der Waals surface area contributed by atoms with Gasteiger partial charge in [0.15, 0.2) is 5.82 Å². The van der Waals surface area contributed by atoms with Crippen LogP contribution < -0.4 is 5.73 Å². The van der Waals surface area contributed by atoms with Crippen molar-refractivity contribution >= 4 is 0 Å². The number of rotatable bonds is 5. The Hall–Kier alpha value is -1.68. The van der Waals surface area contributed by atoms with Gasteiger partial charge in [-0.1, -0.05) is 35.5 Å². The van der Waals surface area contributed by atoms with E-state index in [1.54, 1.807) is 0 Å². The first-order chi connectivity index (χ1) is 8.64. The number of nitrogens with zero attached hydrogens (tertiary/aromatic N) is 2. The van der Waals surface area contributed by atoms with Crippen molar-refractivity contribution < 1.29 is 4.52 Å². The predicted molar refractivity (Wildman–Crippen MR) is 70.2 cm³/mol. The second-order valence-corrected chi connectivity index (χ2v) is 4.90. The largest absolute Gasteiger partial charge is 0.338 e. The van der Waals surface area contributed by atoms with Crippen LogP contribution >= 0.6 is 0 Å². The average molecular weight is 245 g/mol. The first kappa shape index (κ1) is 12.8. The van der Waals surface area contributed by atoms with E-state index in [1.807, 2.05) is 18.2 Å². The molecule has 4 heteroatoms. The summed E-state index contributed by atoms with van der Waals surface area (Å²) >= 11 is 0. The average Bonchev–Trinajstić information content (AvgIpc) is 2.87. The third kappa shape index (κ3) is 2.59. The third-order valence-corrected chi connectivity index (χ3v) is 3.10. The second-order valence-electron chi connectivity index (χ2n) is 4.90. The molecule has 2 aromatic rings. The van der Waals surface area contributed by atoms with Crippen LogP contribution in [0.5, 0.6) is 0 Å². The van der Waals surface area contributed by atoms with Crippen LogP contribution in [0, 0.1) is 0 Å². The first-order valence-electron chi connectivity index (χ1n) is 6.23. The topological polar surface area (TPSA) is 64.9 Å². The Morgan fingerprint density at radius 3 is 2.61 bits per heavy atom. The van der Waals surface area contributed by atoms with Crippen LogP contribution in [-0.2, 0) is 11.8 Å². The van der Waals surface area contributed by atoms with Crippen LogP contribution in [-0.4, -0.2) is 16.7 Å². The normalized spacial score (nSPS) is 11.7. The Balaban J connectivity index is 2.22. The number of hydrogen-bond donors (Lipinski definition) is 1. The molecule has 0 aliphatic heterocycles. The van der Waals surface area contributed by atoms with Crippen molar-refractivity contribution in [3.63, 3.8) is 0 Å². The molecule has 1 aromatic heterocycles. The highest BCUT2D eigenvalue weighted by atomic mass is 16.5. The molecule has 0 amide bonds. The zero-order valence-electron chi connectivity index (χ0n) is 10.9. The van der Waals surface area contributed by atoms with Gasteiger partial charge in [-0.3, -0.25) is 0 Å². The van der Waals surface area contributed by atoms with Gasteiger partial charge in [-0.15, -0.1) is 0 Å². The maximum Gasteiger partial charge on any atom is 0.236 e. The molecule has 0 atom stereocenters. The lowest BCUT2D eigenvalue weighted by Gasteiger charge is -2.20. The SMILES string of the molecule is CC(C)(c1ccccc1)c1nc(CCCN)no1. The molecule has 2 rings (SSSR count). The fourth-order valence-corrected chi connectivity index (χ4v) is 1.85. The van der Waals surface area contributed by atoms with E-state index in [1.165, 1.54) is 5.56 Å². The van der Waals surface area contributed by atoms with E-state index in [-0.39, 0.29) is 5.41 Å². The van der Waals surface area contributed by atoms with Crippen LogP contribution in [0.4, 0.5) is 0 Å². The number of nitrogens with two attached hydrogens (primary N) is 1. The molecule has 0 radical (unpaired) electrons. The zero-order chi connectivity index (χ0) is 13.0. The molecule has 96 valence electrons. The predicted octanol–water partition coefficient (Wildman–Crippen LogP) is 2.29. The van der Waals surface area contributed by atoms with E-state index in [0.717, 1.165) is 18.7 Å². The van der Waals surface area contributed by atoms with Crippen molar-refractivity contribution in [1.82, 2.24) is 10.1 Å². The van der Waals surface area contributed by atoms with Crippen molar-refractivity contribution in [2.75, 3.05) is 6.54 Å². The molecule has 0 aliphatic carbocycles. The van der Waals surface area contributed by atoms with Crippen LogP contribution in [0.15, 0.2) is 34.9 Å². The van der Waals surface area contributed by atoms with Gasteiger partial charge in [0, 0.05) is 6.42 Å². The van der Waals surface area contributed by atoms with E-state index in [0.29, 0.717) is 12.4 Å². The number of aryl methyl sites for hydroxylation is 1. The molecule has 0 unspecified atom stereocenters. The van der Waals surface area contributed by atoms with E-state index in [4.69, 9.17) is 10.3 Å². The Labute approximate surface area is 107 Å². The van der Waals surface area contributed by atoms with Crippen molar-refractivity contribution in [3.8, 4) is 0 Å². The summed E-state index contributed by atoms with van der Waals surface area (Å²) in [6.07, 6.45) is 1.65. The molecular formula is C14H19N3O.